The summed E-state index contributed by atoms with van der Waals surface area (Å²) < 4.78 is 17.8. The molecule has 0 radical (unpaired) electrons. The van der Waals surface area contributed by atoms with Crippen molar-refractivity contribution in [2.75, 3.05) is 6.61 Å². The molecule has 10 nitrogen and oxygen atoms in total. The maximum Gasteiger partial charge on any atom is 0.310 e. The van der Waals surface area contributed by atoms with E-state index in [9.17, 15) is 34.8 Å². The largest absolute Gasteiger partial charge is 0.481 e. The smallest absolute Gasteiger partial charge is 0.310 e. The summed E-state index contributed by atoms with van der Waals surface area (Å²) in [7, 11) is 0. The molecule has 47 heavy (non-hydrogen) atoms. The Labute approximate surface area is 278 Å². The quantitative estimate of drug-likeness (QED) is 0.172. The number of ether oxygens (including phenoxy) is 3. The third-order valence-electron chi connectivity index (χ3n) is 15.3. The molecule has 6 rings (SSSR count). The number of aliphatic carboxylic acids is 2. The number of carbonyl (C=O) groups excluding carboxylic acids is 1. The summed E-state index contributed by atoms with van der Waals surface area (Å²) >= 11 is 0. The summed E-state index contributed by atoms with van der Waals surface area (Å²) in [5, 5.41) is 41.7. The van der Waals surface area contributed by atoms with Crippen LogP contribution in [0.3, 0.4) is 0 Å². The standard InChI is InChI=1S/C37H56O10/c1-20(38)46-28-27(40)23(39)19-45-29(28)47-26-11-12-34(5)24(32(26,2)3)10-13-36(7)25(34)9-8-21-22-18-33(4,30(41)42)14-16-37(22,31(43)44)17-15-35(21,36)6/h8,22-29,39-40H,9-19H2,1-7H3,(H,41,42)(H,43,44)/t22-,23+,24-,25+,26-,27-,28+,29-,33+,34-,35+,36+,37-/m0/s1. The summed E-state index contributed by atoms with van der Waals surface area (Å²) in [5.74, 6) is -1.81. The van der Waals surface area contributed by atoms with Gasteiger partial charge in [-0.2, -0.15) is 0 Å². The number of hydrogen-bond acceptors (Lipinski definition) is 8. The van der Waals surface area contributed by atoms with E-state index in [0.717, 1.165) is 38.5 Å². The molecule has 0 amide bonds. The predicted octanol–water partition coefficient (Wildman–Crippen LogP) is 5.33. The zero-order chi connectivity index (χ0) is 34.5. The highest BCUT2D eigenvalue weighted by molar-refractivity contribution is 5.79. The van der Waals surface area contributed by atoms with Crippen molar-refractivity contribution in [3.05, 3.63) is 11.6 Å². The second-order valence-corrected chi connectivity index (χ2v) is 17.7. The number of fused-ring (bicyclic) bond motifs is 7. The summed E-state index contributed by atoms with van der Waals surface area (Å²) in [6.07, 6.45) is 4.54. The van der Waals surface area contributed by atoms with Crippen molar-refractivity contribution < 1.29 is 49.0 Å². The van der Waals surface area contributed by atoms with Crippen molar-refractivity contribution in [3.8, 4) is 0 Å². The van der Waals surface area contributed by atoms with Gasteiger partial charge in [0, 0.05) is 6.92 Å². The lowest BCUT2D eigenvalue weighted by molar-refractivity contribution is -0.310. The topological polar surface area (TPSA) is 160 Å². The van der Waals surface area contributed by atoms with Gasteiger partial charge in [-0.25, -0.2) is 0 Å². The van der Waals surface area contributed by atoms with Gasteiger partial charge in [-0.3, -0.25) is 14.4 Å². The molecule has 10 heteroatoms. The van der Waals surface area contributed by atoms with Gasteiger partial charge in [-0.1, -0.05) is 46.3 Å². The molecule has 0 aromatic heterocycles. The van der Waals surface area contributed by atoms with Gasteiger partial charge in [-0.05, 0) is 111 Å². The monoisotopic (exact) mass is 660 g/mol. The molecular formula is C37H56O10. The average Bonchev–Trinajstić information content (AvgIpc) is 2.98. The second-order valence-electron chi connectivity index (χ2n) is 17.7. The molecule has 1 saturated heterocycles. The Morgan fingerprint density at radius 1 is 0.872 bits per heavy atom. The van der Waals surface area contributed by atoms with E-state index in [1.54, 1.807) is 6.92 Å². The number of aliphatic hydroxyl groups is 2. The number of hydrogen-bond donors (Lipinski definition) is 4. The van der Waals surface area contributed by atoms with E-state index in [1.807, 2.05) is 0 Å². The number of carboxylic acid groups (broad SMARTS) is 2. The Morgan fingerprint density at radius 2 is 1.55 bits per heavy atom. The van der Waals surface area contributed by atoms with E-state index < -0.39 is 53.3 Å². The van der Waals surface area contributed by atoms with Crippen LogP contribution in [0.4, 0.5) is 0 Å². The third kappa shape index (κ3) is 4.89. The summed E-state index contributed by atoms with van der Waals surface area (Å²) in [5.41, 5.74) is -1.26. The third-order valence-corrected chi connectivity index (χ3v) is 15.3. The first-order chi connectivity index (χ1) is 21.8. The summed E-state index contributed by atoms with van der Waals surface area (Å²) in [6.45, 7) is 14.7. The molecule has 1 aliphatic heterocycles. The average molecular weight is 661 g/mol. The molecule has 5 fully saturated rings. The Bertz CT molecular complexity index is 1340. The molecule has 1 heterocycles. The van der Waals surface area contributed by atoms with Crippen LogP contribution in [0, 0.1) is 50.2 Å². The van der Waals surface area contributed by atoms with Gasteiger partial charge < -0.3 is 34.6 Å². The minimum atomic E-state index is -1.30. The van der Waals surface area contributed by atoms with Crippen molar-refractivity contribution in [1.82, 2.24) is 0 Å². The van der Waals surface area contributed by atoms with Crippen molar-refractivity contribution in [2.45, 2.75) is 143 Å². The number of carbonyl (C=O) groups is 3. The number of esters is 1. The van der Waals surface area contributed by atoms with E-state index in [1.165, 1.54) is 12.5 Å². The summed E-state index contributed by atoms with van der Waals surface area (Å²) in [6, 6.07) is 0. The zero-order valence-electron chi connectivity index (χ0n) is 29.2. The van der Waals surface area contributed by atoms with Gasteiger partial charge >= 0.3 is 17.9 Å². The van der Waals surface area contributed by atoms with E-state index >= 15 is 0 Å². The van der Waals surface area contributed by atoms with Crippen molar-refractivity contribution in [3.63, 3.8) is 0 Å². The Hall–Kier alpha value is -2.01. The molecule has 4 saturated carbocycles. The maximum absolute atomic E-state index is 13.0. The number of carboxylic acids is 2. The van der Waals surface area contributed by atoms with Gasteiger partial charge in [-0.15, -0.1) is 0 Å². The van der Waals surface area contributed by atoms with Crippen LogP contribution in [0.1, 0.15) is 113 Å². The highest BCUT2D eigenvalue weighted by Gasteiger charge is 2.70. The van der Waals surface area contributed by atoms with Crippen LogP contribution in [-0.4, -0.2) is 75.6 Å². The number of allylic oxidation sites excluding steroid dienone is 2. The van der Waals surface area contributed by atoms with Gasteiger partial charge in [0.1, 0.15) is 12.2 Å². The molecule has 4 N–H and O–H groups in total. The van der Waals surface area contributed by atoms with Gasteiger partial charge in [0.15, 0.2) is 12.4 Å². The van der Waals surface area contributed by atoms with Crippen molar-refractivity contribution in [2.24, 2.45) is 50.2 Å². The van der Waals surface area contributed by atoms with Crippen LogP contribution in [0.25, 0.3) is 0 Å². The molecule has 264 valence electrons. The van der Waals surface area contributed by atoms with E-state index in [0.29, 0.717) is 37.5 Å². The van der Waals surface area contributed by atoms with Gasteiger partial charge in [0.25, 0.3) is 0 Å². The van der Waals surface area contributed by atoms with Crippen LogP contribution in [0.2, 0.25) is 0 Å². The SMILES string of the molecule is CC(=O)O[C@H]1[C@H](O[C@H]2CC[C@]3(C)[C@H]4CC=C5[C@@H]6C[C@](C)(C(=O)O)CC[C@]6(C(=O)O)CC[C@@]5(C)[C@]4(C)CC[C@H]3C2(C)C)OC[C@@H](O)[C@@H]1O. The minimum absolute atomic E-state index is 0.0245. The van der Waals surface area contributed by atoms with Gasteiger partial charge in [0.05, 0.1) is 23.5 Å². The molecule has 0 bridgehead atoms. The molecule has 0 aromatic carbocycles. The van der Waals surface area contributed by atoms with Gasteiger partial charge in [0.2, 0.25) is 0 Å². The lowest BCUT2D eigenvalue weighted by atomic mass is 9.33. The molecule has 0 unspecified atom stereocenters. The van der Waals surface area contributed by atoms with Crippen LogP contribution < -0.4 is 0 Å². The first-order valence-electron chi connectivity index (χ1n) is 17.7. The normalized spacial score (nSPS) is 50.4. The van der Waals surface area contributed by atoms with E-state index in [4.69, 9.17) is 14.2 Å². The van der Waals surface area contributed by atoms with Crippen LogP contribution in [0.5, 0.6) is 0 Å². The molecule has 0 aromatic rings. The van der Waals surface area contributed by atoms with E-state index in [2.05, 4.69) is 40.7 Å². The number of rotatable bonds is 5. The lowest BCUT2D eigenvalue weighted by Crippen LogP contribution is -2.66. The highest BCUT2D eigenvalue weighted by atomic mass is 16.7. The highest BCUT2D eigenvalue weighted by Crippen LogP contribution is 2.76. The van der Waals surface area contributed by atoms with E-state index in [-0.39, 0.29) is 40.3 Å². The molecular weight excluding hydrogens is 604 g/mol. The first-order valence-corrected chi connectivity index (χ1v) is 17.7. The fraction of sp³-hybridized carbons (Fsp3) is 0.865. The fourth-order valence-corrected chi connectivity index (χ4v) is 12.2. The number of aliphatic hydroxyl groups excluding tert-OH is 2. The van der Waals surface area contributed by atoms with Crippen molar-refractivity contribution >= 4 is 17.9 Å². The Kier molecular flexibility index (Phi) is 8.34. The molecule has 0 spiro atoms. The zero-order valence-corrected chi connectivity index (χ0v) is 29.2. The van der Waals surface area contributed by atoms with Crippen LogP contribution >= 0.6 is 0 Å². The molecule has 13 atom stereocenters. The van der Waals surface area contributed by atoms with Crippen LogP contribution in [0.15, 0.2) is 11.6 Å². The Morgan fingerprint density at radius 3 is 2.19 bits per heavy atom. The fourth-order valence-electron chi connectivity index (χ4n) is 12.2. The lowest BCUT2D eigenvalue weighted by Gasteiger charge is -2.71. The first kappa shape index (κ1) is 34.8. The predicted molar refractivity (Wildman–Crippen MR) is 171 cm³/mol. The maximum atomic E-state index is 13.0. The minimum Gasteiger partial charge on any atom is -0.481 e. The second kappa shape index (κ2) is 11.3. The van der Waals surface area contributed by atoms with Crippen molar-refractivity contribution in [1.29, 1.82) is 0 Å². The molecule has 5 aliphatic carbocycles. The van der Waals surface area contributed by atoms with Crippen LogP contribution in [-0.2, 0) is 28.6 Å². The molecule has 6 aliphatic rings. The summed E-state index contributed by atoms with van der Waals surface area (Å²) in [4.78, 5) is 37.3. The Balaban J connectivity index is 1.30.